The van der Waals surface area contributed by atoms with Crippen molar-refractivity contribution in [3.05, 3.63) is 89.0 Å². The van der Waals surface area contributed by atoms with Gasteiger partial charge >= 0.3 is 0 Å². The standard InChI is InChI=1S/C28H32N2O4S/c1-19-11-12-26-24(16-19)25(17-28(4,5)34-26)29-27(31)18-30(22-14-20(2)13-21(3)15-22)35(32,33)23-9-7-6-8-10-23/h6-16,25H,17-18H2,1-5H3,(H,29,31). The van der Waals surface area contributed by atoms with E-state index in [0.29, 0.717) is 12.1 Å². The SMILES string of the molecule is Cc1cc(C)cc(N(CC(=O)NC2CC(C)(C)Oc3ccc(C)cc32)S(=O)(=O)c2ccccc2)c1. The number of nitrogens with zero attached hydrogens (tertiary/aromatic N) is 1. The number of anilines is 1. The summed E-state index contributed by atoms with van der Waals surface area (Å²) in [5.41, 5.74) is 3.80. The largest absolute Gasteiger partial charge is 0.487 e. The Balaban J connectivity index is 1.68. The van der Waals surface area contributed by atoms with Crippen molar-refractivity contribution in [2.75, 3.05) is 10.8 Å². The molecular formula is C28H32N2O4S. The van der Waals surface area contributed by atoms with Gasteiger partial charge in [-0.3, -0.25) is 9.10 Å². The number of aryl methyl sites for hydroxylation is 3. The van der Waals surface area contributed by atoms with Crippen LogP contribution in [0.15, 0.2) is 71.6 Å². The lowest BCUT2D eigenvalue weighted by Crippen LogP contribution is -2.45. The van der Waals surface area contributed by atoms with Crippen molar-refractivity contribution in [2.45, 2.75) is 57.6 Å². The molecule has 3 aromatic rings. The normalized spacial score (nSPS) is 16.7. The van der Waals surface area contributed by atoms with E-state index in [4.69, 9.17) is 4.74 Å². The number of fused-ring (bicyclic) bond motifs is 1. The lowest BCUT2D eigenvalue weighted by atomic mass is 9.89. The van der Waals surface area contributed by atoms with Crippen molar-refractivity contribution >= 4 is 21.6 Å². The van der Waals surface area contributed by atoms with Crippen LogP contribution in [0.1, 0.15) is 48.6 Å². The van der Waals surface area contributed by atoms with Crippen molar-refractivity contribution < 1.29 is 17.9 Å². The molecular weight excluding hydrogens is 460 g/mol. The topological polar surface area (TPSA) is 75.7 Å². The number of hydrogen-bond donors (Lipinski definition) is 1. The summed E-state index contributed by atoms with van der Waals surface area (Å²) in [6.07, 6.45) is 0.574. The van der Waals surface area contributed by atoms with Crippen LogP contribution < -0.4 is 14.4 Å². The smallest absolute Gasteiger partial charge is 0.264 e. The molecule has 35 heavy (non-hydrogen) atoms. The van der Waals surface area contributed by atoms with Gasteiger partial charge in [0.05, 0.1) is 16.6 Å². The summed E-state index contributed by atoms with van der Waals surface area (Å²) in [5.74, 6) is 0.360. The average Bonchev–Trinajstić information content (AvgIpc) is 2.77. The fourth-order valence-corrected chi connectivity index (χ4v) is 6.03. The molecule has 1 amide bonds. The first-order valence-electron chi connectivity index (χ1n) is 11.7. The van der Waals surface area contributed by atoms with E-state index in [9.17, 15) is 13.2 Å². The lowest BCUT2D eigenvalue weighted by molar-refractivity contribution is -0.120. The van der Waals surface area contributed by atoms with Crippen LogP contribution in [0, 0.1) is 20.8 Å². The maximum atomic E-state index is 13.7. The Bertz CT molecular complexity index is 1330. The molecule has 0 aromatic heterocycles. The van der Waals surface area contributed by atoms with Crippen LogP contribution in [0.3, 0.4) is 0 Å². The van der Waals surface area contributed by atoms with Crippen molar-refractivity contribution in [1.82, 2.24) is 5.32 Å². The summed E-state index contributed by atoms with van der Waals surface area (Å²) in [5, 5.41) is 3.09. The molecule has 1 aliphatic rings. The monoisotopic (exact) mass is 492 g/mol. The fraction of sp³-hybridized carbons (Fsp3) is 0.321. The maximum absolute atomic E-state index is 13.7. The van der Waals surface area contributed by atoms with Crippen LogP contribution in [0.25, 0.3) is 0 Å². The van der Waals surface area contributed by atoms with Crippen LogP contribution in [0.4, 0.5) is 5.69 Å². The van der Waals surface area contributed by atoms with Gasteiger partial charge in [0.1, 0.15) is 17.9 Å². The number of nitrogens with one attached hydrogen (secondary N) is 1. The Kier molecular flexibility index (Phi) is 6.64. The first kappa shape index (κ1) is 24.8. The molecule has 1 atom stereocenters. The summed E-state index contributed by atoms with van der Waals surface area (Å²) in [6.45, 7) is 9.44. The van der Waals surface area contributed by atoms with E-state index >= 15 is 0 Å². The molecule has 1 aliphatic heterocycles. The number of sulfonamides is 1. The Morgan fingerprint density at radius 3 is 2.29 bits per heavy atom. The number of benzene rings is 3. The highest BCUT2D eigenvalue weighted by atomic mass is 32.2. The van der Waals surface area contributed by atoms with Gasteiger partial charge in [0, 0.05) is 12.0 Å². The number of hydrogen-bond acceptors (Lipinski definition) is 4. The first-order valence-corrected chi connectivity index (χ1v) is 13.1. The van der Waals surface area contributed by atoms with E-state index < -0.39 is 15.6 Å². The van der Waals surface area contributed by atoms with Gasteiger partial charge in [-0.05, 0) is 76.1 Å². The zero-order chi connectivity index (χ0) is 25.4. The van der Waals surface area contributed by atoms with Crippen molar-refractivity contribution in [3.8, 4) is 5.75 Å². The van der Waals surface area contributed by atoms with Gasteiger partial charge in [0.15, 0.2) is 0 Å². The third-order valence-corrected chi connectivity index (χ3v) is 7.86. The molecule has 0 saturated carbocycles. The summed E-state index contributed by atoms with van der Waals surface area (Å²) >= 11 is 0. The molecule has 1 heterocycles. The molecule has 0 spiro atoms. The predicted molar refractivity (Wildman–Crippen MR) is 138 cm³/mol. The van der Waals surface area contributed by atoms with E-state index in [1.54, 1.807) is 42.5 Å². The van der Waals surface area contributed by atoms with Gasteiger partial charge in [0.25, 0.3) is 10.0 Å². The van der Waals surface area contributed by atoms with Crippen LogP contribution in [-0.4, -0.2) is 26.5 Å². The number of rotatable bonds is 6. The molecule has 0 saturated heterocycles. The Morgan fingerprint density at radius 2 is 1.63 bits per heavy atom. The van der Waals surface area contributed by atoms with E-state index in [2.05, 4.69) is 5.32 Å². The van der Waals surface area contributed by atoms with Crippen molar-refractivity contribution in [3.63, 3.8) is 0 Å². The molecule has 0 aliphatic carbocycles. The lowest BCUT2D eigenvalue weighted by Gasteiger charge is -2.38. The molecule has 6 nitrogen and oxygen atoms in total. The van der Waals surface area contributed by atoms with Gasteiger partial charge in [-0.1, -0.05) is 42.0 Å². The summed E-state index contributed by atoms with van der Waals surface area (Å²) in [4.78, 5) is 13.5. The van der Waals surface area contributed by atoms with Gasteiger partial charge in [-0.2, -0.15) is 0 Å². The van der Waals surface area contributed by atoms with Gasteiger partial charge in [-0.15, -0.1) is 0 Å². The molecule has 0 bridgehead atoms. The van der Waals surface area contributed by atoms with Crippen LogP contribution >= 0.6 is 0 Å². The number of amides is 1. The second-order valence-corrected chi connectivity index (χ2v) is 11.8. The molecule has 1 N–H and O–H groups in total. The number of carbonyl (C=O) groups is 1. The highest BCUT2D eigenvalue weighted by Crippen LogP contribution is 2.40. The van der Waals surface area contributed by atoms with E-state index in [1.165, 1.54) is 4.31 Å². The molecule has 0 fully saturated rings. The highest BCUT2D eigenvalue weighted by molar-refractivity contribution is 7.92. The summed E-state index contributed by atoms with van der Waals surface area (Å²) in [7, 11) is -3.97. The number of ether oxygens (including phenoxy) is 1. The Hall–Kier alpha value is -3.32. The Labute approximate surface area is 208 Å². The quantitative estimate of drug-likeness (QED) is 0.512. The minimum absolute atomic E-state index is 0.139. The van der Waals surface area contributed by atoms with Crippen LogP contribution in [-0.2, 0) is 14.8 Å². The second kappa shape index (κ2) is 9.38. The predicted octanol–water partition coefficient (Wildman–Crippen LogP) is 5.23. The Morgan fingerprint density at radius 1 is 0.971 bits per heavy atom. The van der Waals surface area contributed by atoms with Gasteiger partial charge in [-0.25, -0.2) is 8.42 Å². The van der Waals surface area contributed by atoms with Gasteiger partial charge in [0.2, 0.25) is 5.91 Å². The van der Waals surface area contributed by atoms with Gasteiger partial charge < -0.3 is 10.1 Å². The number of carbonyl (C=O) groups excluding carboxylic acids is 1. The highest BCUT2D eigenvalue weighted by Gasteiger charge is 2.35. The van der Waals surface area contributed by atoms with E-state index in [-0.39, 0.29) is 23.4 Å². The third kappa shape index (κ3) is 5.51. The summed E-state index contributed by atoms with van der Waals surface area (Å²) in [6, 6.07) is 19.4. The van der Waals surface area contributed by atoms with Crippen molar-refractivity contribution in [1.29, 1.82) is 0 Å². The maximum Gasteiger partial charge on any atom is 0.264 e. The molecule has 7 heteroatoms. The molecule has 4 rings (SSSR count). The molecule has 0 radical (unpaired) electrons. The molecule has 3 aromatic carbocycles. The van der Waals surface area contributed by atoms with Crippen molar-refractivity contribution in [2.24, 2.45) is 0 Å². The summed E-state index contributed by atoms with van der Waals surface area (Å²) < 4.78 is 34.6. The first-order chi connectivity index (χ1) is 16.4. The second-order valence-electron chi connectivity index (χ2n) is 9.90. The minimum Gasteiger partial charge on any atom is -0.487 e. The zero-order valence-corrected chi connectivity index (χ0v) is 21.6. The van der Waals surface area contributed by atoms with Crippen LogP contribution in [0.5, 0.6) is 5.75 Å². The molecule has 1 unspecified atom stereocenters. The third-order valence-electron chi connectivity index (χ3n) is 6.07. The zero-order valence-electron chi connectivity index (χ0n) is 20.8. The van der Waals surface area contributed by atoms with E-state index in [1.807, 2.05) is 58.9 Å². The van der Waals surface area contributed by atoms with Crippen LogP contribution in [0.2, 0.25) is 0 Å². The fourth-order valence-electron chi connectivity index (χ4n) is 4.60. The minimum atomic E-state index is -3.97. The molecule has 184 valence electrons. The average molecular weight is 493 g/mol. The van der Waals surface area contributed by atoms with E-state index in [0.717, 1.165) is 28.0 Å².